The van der Waals surface area contributed by atoms with Crippen molar-refractivity contribution in [3.8, 4) is 5.75 Å². The number of carbonyl (C=O) groups excluding carboxylic acids is 2. The van der Waals surface area contributed by atoms with E-state index in [-0.39, 0.29) is 12.6 Å². The summed E-state index contributed by atoms with van der Waals surface area (Å²) in [6.07, 6.45) is 3.13. The Morgan fingerprint density at radius 2 is 1.73 bits per heavy atom. The summed E-state index contributed by atoms with van der Waals surface area (Å²) in [4.78, 5) is 25.5. The van der Waals surface area contributed by atoms with Gasteiger partial charge in [0.2, 0.25) is 0 Å². The molecule has 2 aromatic carbocycles. The molecule has 0 saturated carbocycles. The van der Waals surface area contributed by atoms with Crippen molar-refractivity contribution in [2.75, 3.05) is 13.2 Å². The van der Waals surface area contributed by atoms with Gasteiger partial charge >= 0.3 is 12.0 Å². The van der Waals surface area contributed by atoms with Crippen LogP contribution < -0.4 is 15.4 Å². The minimum Gasteiger partial charge on any atom is -0.493 e. The van der Waals surface area contributed by atoms with Crippen LogP contribution in [0, 0.1) is 0 Å². The number of carbonyl (C=O) groups is 2. The summed E-state index contributed by atoms with van der Waals surface area (Å²) < 4.78 is 11.4. The highest BCUT2D eigenvalue weighted by atomic mass is 16.5. The van der Waals surface area contributed by atoms with Crippen molar-refractivity contribution in [3.05, 3.63) is 71.3 Å². The third kappa shape index (κ3) is 5.00. The zero-order valence-corrected chi connectivity index (χ0v) is 17.4. The molecular weight excluding hydrogens is 380 g/mol. The molecule has 0 saturated heterocycles. The molecule has 1 atom stereocenters. The predicted octanol–water partition coefficient (Wildman–Crippen LogP) is 4.58. The number of benzene rings is 2. The van der Waals surface area contributed by atoms with Gasteiger partial charge in [-0.3, -0.25) is 0 Å². The zero-order chi connectivity index (χ0) is 21.3. The van der Waals surface area contributed by atoms with Gasteiger partial charge < -0.3 is 20.1 Å². The van der Waals surface area contributed by atoms with Gasteiger partial charge in [0.05, 0.1) is 30.5 Å². The van der Waals surface area contributed by atoms with Crippen LogP contribution in [0.4, 0.5) is 4.79 Å². The molecule has 158 valence electrons. The lowest BCUT2D eigenvalue weighted by Gasteiger charge is -2.30. The van der Waals surface area contributed by atoms with Crippen molar-refractivity contribution < 1.29 is 19.1 Å². The standard InChI is InChI=1S/C24H28N2O4/c1-3-5-11-16-30-19-15-10-9-14-18(19)22-20(23(27)29-4-2)21(25-24(28)26-22)17-12-7-6-8-13-17/h6-10,12-15,22H,3-5,11,16H2,1-2H3,(H2,25,26,28). The van der Waals surface area contributed by atoms with Gasteiger partial charge in [0.25, 0.3) is 0 Å². The Bertz CT molecular complexity index is 908. The summed E-state index contributed by atoms with van der Waals surface area (Å²) in [5.41, 5.74) is 2.26. The van der Waals surface area contributed by atoms with E-state index in [4.69, 9.17) is 9.47 Å². The highest BCUT2D eigenvalue weighted by Crippen LogP contribution is 2.36. The Balaban J connectivity index is 2.06. The number of hydrogen-bond acceptors (Lipinski definition) is 4. The first-order valence-corrected chi connectivity index (χ1v) is 10.4. The summed E-state index contributed by atoms with van der Waals surface area (Å²) in [5.74, 6) is 0.171. The molecule has 2 amide bonds. The molecule has 0 fully saturated rings. The van der Waals surface area contributed by atoms with E-state index in [1.54, 1.807) is 6.92 Å². The molecule has 1 aliphatic heterocycles. The number of unbranched alkanes of at least 4 members (excludes halogenated alkanes) is 2. The minimum absolute atomic E-state index is 0.236. The number of para-hydroxylation sites is 1. The molecule has 0 radical (unpaired) electrons. The van der Waals surface area contributed by atoms with Gasteiger partial charge in [-0.2, -0.15) is 0 Å². The van der Waals surface area contributed by atoms with Gasteiger partial charge in [0.15, 0.2) is 0 Å². The molecule has 6 nitrogen and oxygen atoms in total. The second-order valence-electron chi connectivity index (χ2n) is 7.00. The molecule has 6 heteroatoms. The van der Waals surface area contributed by atoms with Crippen LogP contribution in [0.2, 0.25) is 0 Å². The van der Waals surface area contributed by atoms with Crippen molar-refractivity contribution in [3.63, 3.8) is 0 Å². The number of amides is 2. The van der Waals surface area contributed by atoms with Crippen LogP contribution in [-0.4, -0.2) is 25.2 Å². The van der Waals surface area contributed by atoms with Crippen LogP contribution in [-0.2, 0) is 9.53 Å². The molecule has 30 heavy (non-hydrogen) atoms. The summed E-state index contributed by atoms with van der Waals surface area (Å²) in [7, 11) is 0. The lowest BCUT2D eigenvalue weighted by Crippen LogP contribution is -2.45. The number of rotatable bonds is 9. The number of nitrogens with one attached hydrogen (secondary N) is 2. The molecule has 1 heterocycles. The summed E-state index contributed by atoms with van der Waals surface area (Å²) in [6.45, 7) is 4.71. The van der Waals surface area contributed by atoms with Crippen LogP contribution >= 0.6 is 0 Å². The minimum atomic E-state index is -0.685. The van der Waals surface area contributed by atoms with E-state index in [0.717, 1.165) is 30.4 Å². The second-order valence-corrected chi connectivity index (χ2v) is 7.00. The SMILES string of the molecule is CCCCCOc1ccccc1C1NC(=O)NC(c2ccccc2)=C1C(=O)OCC. The maximum absolute atomic E-state index is 13.0. The van der Waals surface area contributed by atoms with E-state index in [1.165, 1.54) is 0 Å². The first-order chi connectivity index (χ1) is 14.7. The van der Waals surface area contributed by atoms with Crippen molar-refractivity contribution in [2.24, 2.45) is 0 Å². The van der Waals surface area contributed by atoms with E-state index in [0.29, 0.717) is 23.6 Å². The van der Waals surface area contributed by atoms with Crippen LogP contribution in [0.5, 0.6) is 5.75 Å². The molecule has 0 aromatic heterocycles. The highest BCUT2D eigenvalue weighted by molar-refractivity contribution is 6.04. The molecule has 0 bridgehead atoms. The largest absolute Gasteiger partial charge is 0.493 e. The van der Waals surface area contributed by atoms with Crippen molar-refractivity contribution in [2.45, 2.75) is 39.2 Å². The number of ether oxygens (including phenoxy) is 2. The van der Waals surface area contributed by atoms with E-state index < -0.39 is 12.0 Å². The molecule has 0 aliphatic carbocycles. The average Bonchev–Trinajstić information content (AvgIpc) is 2.77. The second kappa shape index (κ2) is 10.5. The van der Waals surface area contributed by atoms with Gasteiger partial charge in [-0.05, 0) is 25.0 Å². The van der Waals surface area contributed by atoms with Crippen molar-refractivity contribution in [1.29, 1.82) is 0 Å². The summed E-state index contributed by atoms with van der Waals surface area (Å²) in [6, 6.07) is 15.7. The van der Waals surface area contributed by atoms with Gasteiger partial charge in [0, 0.05) is 5.56 Å². The van der Waals surface area contributed by atoms with Crippen LogP contribution in [0.15, 0.2) is 60.2 Å². The lowest BCUT2D eigenvalue weighted by atomic mass is 9.92. The highest BCUT2D eigenvalue weighted by Gasteiger charge is 2.35. The quantitative estimate of drug-likeness (QED) is 0.470. The molecule has 1 unspecified atom stereocenters. The molecule has 2 N–H and O–H groups in total. The molecule has 3 rings (SSSR count). The fraction of sp³-hybridized carbons (Fsp3) is 0.333. The van der Waals surface area contributed by atoms with Gasteiger partial charge in [0.1, 0.15) is 5.75 Å². The lowest BCUT2D eigenvalue weighted by molar-refractivity contribution is -0.138. The van der Waals surface area contributed by atoms with Crippen LogP contribution in [0.25, 0.3) is 5.70 Å². The molecule has 1 aliphatic rings. The Morgan fingerprint density at radius 1 is 1.00 bits per heavy atom. The third-order valence-corrected chi connectivity index (χ3v) is 4.87. The Labute approximate surface area is 177 Å². The summed E-state index contributed by atoms with van der Waals surface area (Å²) >= 11 is 0. The fourth-order valence-electron chi connectivity index (χ4n) is 3.44. The van der Waals surface area contributed by atoms with Crippen molar-refractivity contribution >= 4 is 17.7 Å². The Hall–Kier alpha value is -3.28. The maximum Gasteiger partial charge on any atom is 0.338 e. The Morgan fingerprint density at radius 3 is 2.47 bits per heavy atom. The van der Waals surface area contributed by atoms with E-state index in [9.17, 15) is 9.59 Å². The number of esters is 1. The van der Waals surface area contributed by atoms with Gasteiger partial charge in [-0.15, -0.1) is 0 Å². The van der Waals surface area contributed by atoms with Gasteiger partial charge in [-0.25, -0.2) is 9.59 Å². The van der Waals surface area contributed by atoms with Crippen LogP contribution in [0.1, 0.15) is 50.3 Å². The number of hydrogen-bond donors (Lipinski definition) is 2. The van der Waals surface area contributed by atoms with Crippen molar-refractivity contribution in [1.82, 2.24) is 10.6 Å². The Kier molecular flexibility index (Phi) is 7.49. The van der Waals surface area contributed by atoms with E-state index in [1.807, 2.05) is 54.6 Å². The van der Waals surface area contributed by atoms with Gasteiger partial charge in [-0.1, -0.05) is 68.3 Å². The average molecular weight is 408 g/mol. The smallest absolute Gasteiger partial charge is 0.338 e. The van der Waals surface area contributed by atoms with Crippen LogP contribution in [0.3, 0.4) is 0 Å². The topological polar surface area (TPSA) is 76.7 Å². The monoisotopic (exact) mass is 408 g/mol. The predicted molar refractivity (Wildman–Crippen MR) is 116 cm³/mol. The first kappa shape index (κ1) is 21.4. The fourth-order valence-corrected chi connectivity index (χ4v) is 3.44. The molecular formula is C24H28N2O4. The maximum atomic E-state index is 13.0. The molecule has 0 spiro atoms. The zero-order valence-electron chi connectivity index (χ0n) is 17.4. The first-order valence-electron chi connectivity index (χ1n) is 10.4. The van der Waals surface area contributed by atoms with E-state index >= 15 is 0 Å². The third-order valence-electron chi connectivity index (χ3n) is 4.87. The normalized spacial score (nSPS) is 15.9. The molecule has 2 aromatic rings. The summed E-state index contributed by atoms with van der Waals surface area (Å²) in [5, 5.41) is 5.66. The number of urea groups is 1. The van der Waals surface area contributed by atoms with E-state index in [2.05, 4.69) is 17.6 Å².